The molecule has 0 amide bonds. The fourth-order valence-corrected chi connectivity index (χ4v) is 10.9. The molecule has 4 fully saturated rings. The molecule has 37 heavy (non-hydrogen) atoms. The first kappa shape index (κ1) is 29.3. The molecular formula is C32H56O5. The van der Waals surface area contributed by atoms with Crippen LogP contribution >= 0.6 is 0 Å². The van der Waals surface area contributed by atoms with E-state index in [-0.39, 0.29) is 51.3 Å². The third-order valence-corrected chi connectivity index (χ3v) is 13.4. The van der Waals surface area contributed by atoms with Gasteiger partial charge < -0.3 is 19.7 Å². The van der Waals surface area contributed by atoms with E-state index in [0.717, 1.165) is 64.2 Å². The highest BCUT2D eigenvalue weighted by atomic mass is 16.5. The van der Waals surface area contributed by atoms with Gasteiger partial charge in [-0.1, -0.05) is 34.6 Å². The van der Waals surface area contributed by atoms with Crippen LogP contribution in [0, 0.1) is 45.3 Å². The minimum absolute atomic E-state index is 0.00403. The van der Waals surface area contributed by atoms with E-state index in [9.17, 15) is 15.0 Å². The van der Waals surface area contributed by atoms with Gasteiger partial charge in [0, 0.05) is 12.5 Å². The van der Waals surface area contributed by atoms with E-state index in [1.54, 1.807) is 7.11 Å². The van der Waals surface area contributed by atoms with Crippen molar-refractivity contribution < 1.29 is 24.5 Å². The minimum Gasteiger partial charge on any atom is -0.464 e. The summed E-state index contributed by atoms with van der Waals surface area (Å²) < 4.78 is 11.2. The summed E-state index contributed by atoms with van der Waals surface area (Å²) in [6.07, 6.45) is 9.28. The summed E-state index contributed by atoms with van der Waals surface area (Å²) in [5.41, 5.74) is -0.799. The Hall–Kier alpha value is -0.650. The van der Waals surface area contributed by atoms with Crippen LogP contribution in [0.3, 0.4) is 0 Å². The number of hydrogen-bond donors (Lipinski definition) is 2. The zero-order valence-electron chi connectivity index (χ0n) is 25.2. The maximum Gasteiger partial charge on any atom is 0.293 e. The van der Waals surface area contributed by atoms with Crippen LogP contribution in [0.5, 0.6) is 0 Å². The van der Waals surface area contributed by atoms with Crippen LogP contribution < -0.4 is 0 Å². The Balaban J connectivity index is 1.60. The summed E-state index contributed by atoms with van der Waals surface area (Å²) in [4.78, 5) is 11.2. The highest BCUT2D eigenvalue weighted by Gasteiger charge is 2.71. The van der Waals surface area contributed by atoms with E-state index in [1.165, 1.54) is 0 Å². The molecule has 4 aliphatic carbocycles. The molecule has 4 aliphatic rings. The molecule has 4 rings (SSSR count). The van der Waals surface area contributed by atoms with Crippen LogP contribution in [0.15, 0.2) is 0 Å². The number of aliphatic hydroxyl groups excluding tert-OH is 1. The van der Waals surface area contributed by atoms with E-state index < -0.39 is 5.60 Å². The number of ether oxygens (including phenoxy) is 2. The van der Waals surface area contributed by atoms with Crippen LogP contribution in [0.1, 0.15) is 120 Å². The van der Waals surface area contributed by atoms with Crippen LogP contribution in [0.4, 0.5) is 0 Å². The molecule has 0 aromatic carbocycles. The smallest absolute Gasteiger partial charge is 0.293 e. The van der Waals surface area contributed by atoms with E-state index in [4.69, 9.17) is 9.47 Å². The van der Waals surface area contributed by atoms with Crippen molar-refractivity contribution in [2.75, 3.05) is 7.11 Å². The van der Waals surface area contributed by atoms with Crippen molar-refractivity contribution >= 4 is 6.47 Å². The van der Waals surface area contributed by atoms with Crippen molar-refractivity contribution in [1.82, 2.24) is 0 Å². The van der Waals surface area contributed by atoms with Crippen molar-refractivity contribution in [3.63, 3.8) is 0 Å². The van der Waals surface area contributed by atoms with Gasteiger partial charge in [0.05, 0.1) is 17.3 Å². The van der Waals surface area contributed by atoms with Crippen molar-refractivity contribution in [2.45, 2.75) is 143 Å². The van der Waals surface area contributed by atoms with Crippen LogP contribution in [-0.2, 0) is 14.3 Å². The average molecular weight is 521 g/mol. The molecule has 10 atom stereocenters. The van der Waals surface area contributed by atoms with Crippen LogP contribution in [0.25, 0.3) is 0 Å². The maximum atomic E-state index is 11.9. The topological polar surface area (TPSA) is 76.0 Å². The molecule has 0 saturated heterocycles. The number of rotatable bonds is 8. The molecule has 0 aliphatic heterocycles. The Morgan fingerprint density at radius 3 is 2.19 bits per heavy atom. The quantitative estimate of drug-likeness (QED) is 0.356. The average Bonchev–Trinajstić information content (AvgIpc) is 3.18. The molecule has 0 aromatic heterocycles. The largest absolute Gasteiger partial charge is 0.464 e. The van der Waals surface area contributed by atoms with Crippen LogP contribution in [-0.4, -0.2) is 47.2 Å². The summed E-state index contributed by atoms with van der Waals surface area (Å²) >= 11 is 0. The van der Waals surface area contributed by atoms with Gasteiger partial charge in [0.25, 0.3) is 6.47 Å². The molecule has 2 N–H and O–H groups in total. The van der Waals surface area contributed by atoms with Crippen LogP contribution in [0.2, 0.25) is 0 Å². The van der Waals surface area contributed by atoms with E-state index in [1.807, 2.05) is 6.92 Å². The number of aliphatic hydroxyl groups is 2. The molecule has 0 heterocycles. The second-order valence-corrected chi connectivity index (χ2v) is 15.7. The van der Waals surface area contributed by atoms with E-state index in [2.05, 4.69) is 48.5 Å². The Labute approximate surface area is 226 Å². The highest BCUT2D eigenvalue weighted by molar-refractivity contribution is 5.38. The third kappa shape index (κ3) is 4.42. The number of fused-ring (bicyclic) bond motifs is 5. The zero-order valence-corrected chi connectivity index (χ0v) is 25.2. The summed E-state index contributed by atoms with van der Waals surface area (Å²) in [7, 11) is 1.76. The number of carbonyl (C=O) groups excluding carboxylic acids is 1. The molecule has 0 spiro atoms. The van der Waals surface area contributed by atoms with Gasteiger partial charge in [-0.15, -0.1) is 0 Å². The van der Waals surface area contributed by atoms with Crippen molar-refractivity contribution in [2.24, 2.45) is 45.3 Å². The third-order valence-electron chi connectivity index (χ3n) is 13.4. The normalized spacial score (nSPS) is 46.8. The van der Waals surface area contributed by atoms with Gasteiger partial charge in [-0.2, -0.15) is 0 Å². The lowest BCUT2D eigenvalue weighted by Gasteiger charge is -2.70. The highest BCUT2D eigenvalue weighted by Crippen LogP contribution is 2.75. The lowest BCUT2D eigenvalue weighted by Crippen LogP contribution is -2.66. The Morgan fingerprint density at radius 1 is 0.919 bits per heavy atom. The maximum absolute atomic E-state index is 11.9. The fraction of sp³-hybridized carbons (Fsp3) is 0.969. The summed E-state index contributed by atoms with van der Waals surface area (Å²) in [5.74, 6) is 1.14. The molecule has 0 radical (unpaired) electrons. The SMILES string of the molecule is COC(C)(C)CCC[C@@](C)(O)[C@H]1CC[C@]2(C)[C@@H]1[C@H](O)C[C@@H]1[C@@]3(C)CC[C@H](OC=O)C(C)(C)[C@@H]3CC[C@]12C. The molecule has 0 unspecified atom stereocenters. The number of methoxy groups -OCH3 is 1. The lowest BCUT2D eigenvalue weighted by atomic mass is 9.35. The molecule has 214 valence electrons. The zero-order chi connectivity index (χ0) is 27.7. The predicted molar refractivity (Wildman–Crippen MR) is 147 cm³/mol. The van der Waals surface area contributed by atoms with Crippen molar-refractivity contribution in [3.05, 3.63) is 0 Å². The lowest BCUT2D eigenvalue weighted by molar-refractivity contribution is -0.248. The van der Waals surface area contributed by atoms with Gasteiger partial charge in [-0.3, -0.25) is 4.79 Å². The van der Waals surface area contributed by atoms with Gasteiger partial charge in [0.2, 0.25) is 0 Å². The van der Waals surface area contributed by atoms with Gasteiger partial charge >= 0.3 is 0 Å². The first-order chi connectivity index (χ1) is 17.0. The summed E-state index contributed by atoms with van der Waals surface area (Å²) in [5, 5.41) is 23.7. The summed E-state index contributed by atoms with van der Waals surface area (Å²) in [6.45, 7) is 18.9. The molecule has 0 bridgehead atoms. The van der Waals surface area contributed by atoms with Gasteiger partial charge in [0.15, 0.2) is 0 Å². The second kappa shape index (κ2) is 9.47. The molecule has 5 nitrogen and oxygen atoms in total. The van der Waals surface area contributed by atoms with Crippen molar-refractivity contribution in [3.8, 4) is 0 Å². The van der Waals surface area contributed by atoms with Gasteiger partial charge in [-0.25, -0.2) is 0 Å². The molecule has 4 saturated carbocycles. The monoisotopic (exact) mass is 520 g/mol. The first-order valence-electron chi connectivity index (χ1n) is 15.0. The Morgan fingerprint density at radius 2 is 1.57 bits per heavy atom. The van der Waals surface area contributed by atoms with Crippen molar-refractivity contribution in [1.29, 1.82) is 0 Å². The fourth-order valence-electron chi connectivity index (χ4n) is 10.9. The predicted octanol–water partition coefficient (Wildman–Crippen LogP) is 6.53. The number of carbonyl (C=O) groups is 1. The summed E-state index contributed by atoms with van der Waals surface area (Å²) in [6, 6.07) is 0. The Bertz CT molecular complexity index is 850. The minimum atomic E-state index is -0.788. The molecule has 0 aromatic rings. The van der Waals surface area contributed by atoms with E-state index >= 15 is 0 Å². The number of hydrogen-bond acceptors (Lipinski definition) is 5. The Kier molecular flexibility index (Phi) is 7.51. The van der Waals surface area contributed by atoms with Gasteiger partial charge in [0.1, 0.15) is 6.10 Å². The van der Waals surface area contributed by atoms with Gasteiger partial charge in [-0.05, 0) is 125 Å². The second-order valence-electron chi connectivity index (χ2n) is 15.7. The molecule has 5 heteroatoms. The molecular weight excluding hydrogens is 464 g/mol. The standard InChI is InChI=1S/C32H56O5/c1-27(2,36-9)14-10-15-32(8,35)21-11-17-31(7)26(21)22(34)19-24-29(5)16-13-25(37-20-33)28(3,4)23(29)12-18-30(24,31)6/h20-26,34-35H,10-19H2,1-9H3/t21-,22+,23-,24+,25-,26-,29-,30+,31+,32+/m0/s1. The first-order valence-corrected chi connectivity index (χ1v) is 15.0. The van der Waals surface area contributed by atoms with E-state index in [0.29, 0.717) is 18.3 Å².